The minimum Gasteiger partial charge on any atom is -0.328 e. The van der Waals surface area contributed by atoms with E-state index >= 15 is 0 Å². The van der Waals surface area contributed by atoms with Gasteiger partial charge in [0.05, 0.1) is 6.04 Å². The molecule has 3 heteroatoms. The van der Waals surface area contributed by atoms with Gasteiger partial charge in [0, 0.05) is 13.0 Å². The van der Waals surface area contributed by atoms with Gasteiger partial charge < -0.3 is 11.5 Å². The lowest BCUT2D eigenvalue weighted by molar-refractivity contribution is -0.119. The number of Topliss-reactive ketones (excluding diaryl/α,β-unsaturated/α-hetero) is 1. The Kier molecular flexibility index (Phi) is 3.39. The maximum absolute atomic E-state index is 10.5. The Morgan fingerprint density at radius 1 is 1.75 bits per heavy atom. The van der Waals surface area contributed by atoms with Gasteiger partial charge in [0.25, 0.3) is 0 Å². The van der Waals surface area contributed by atoms with Crippen molar-refractivity contribution in [3.05, 3.63) is 0 Å². The largest absolute Gasteiger partial charge is 0.328 e. The van der Waals surface area contributed by atoms with Crippen molar-refractivity contribution in [1.82, 2.24) is 0 Å². The number of carbonyl (C=O) groups is 1. The van der Waals surface area contributed by atoms with Crippen LogP contribution in [0.1, 0.15) is 13.3 Å². The molecule has 0 rings (SSSR count). The predicted octanol–water partition coefficient (Wildman–Crippen LogP) is -0.748. The number of hydrogen-bond donors (Lipinski definition) is 2. The molecule has 0 aromatic carbocycles. The lowest BCUT2D eigenvalue weighted by Gasteiger charge is -2.02. The molecule has 4 N–H and O–H groups in total. The third kappa shape index (κ3) is 2.04. The van der Waals surface area contributed by atoms with Crippen LogP contribution in [0.4, 0.5) is 0 Å². The zero-order valence-electron chi connectivity index (χ0n) is 5.05. The van der Waals surface area contributed by atoms with Crippen molar-refractivity contribution in [2.75, 3.05) is 6.54 Å². The van der Waals surface area contributed by atoms with Gasteiger partial charge in [-0.3, -0.25) is 4.79 Å². The Morgan fingerprint density at radius 3 is 2.38 bits per heavy atom. The van der Waals surface area contributed by atoms with Gasteiger partial charge in [-0.1, -0.05) is 6.92 Å². The van der Waals surface area contributed by atoms with Crippen LogP contribution in [0.5, 0.6) is 0 Å². The summed E-state index contributed by atoms with van der Waals surface area (Å²) in [5, 5.41) is 0. The molecule has 0 radical (unpaired) electrons. The van der Waals surface area contributed by atoms with Gasteiger partial charge in [-0.15, -0.1) is 0 Å². The number of nitrogens with two attached hydrogens (primary N) is 2. The zero-order valence-corrected chi connectivity index (χ0v) is 5.05. The van der Waals surface area contributed by atoms with Gasteiger partial charge in [0.2, 0.25) is 0 Å². The van der Waals surface area contributed by atoms with E-state index in [1.54, 1.807) is 6.92 Å². The van der Waals surface area contributed by atoms with Crippen molar-refractivity contribution < 1.29 is 4.79 Å². The molecule has 3 nitrogen and oxygen atoms in total. The third-order valence-corrected chi connectivity index (χ3v) is 1.02. The highest BCUT2D eigenvalue weighted by Crippen LogP contribution is 1.83. The second-order valence-corrected chi connectivity index (χ2v) is 1.66. The molecule has 0 spiro atoms. The number of hydrogen-bond acceptors (Lipinski definition) is 3. The van der Waals surface area contributed by atoms with Crippen molar-refractivity contribution in [3.63, 3.8) is 0 Å². The first-order valence-corrected chi connectivity index (χ1v) is 2.70. The van der Waals surface area contributed by atoms with E-state index in [0.717, 1.165) is 0 Å². The second kappa shape index (κ2) is 3.57. The van der Waals surface area contributed by atoms with E-state index < -0.39 is 6.04 Å². The van der Waals surface area contributed by atoms with Crippen molar-refractivity contribution >= 4 is 5.78 Å². The summed E-state index contributed by atoms with van der Waals surface area (Å²) >= 11 is 0. The fourth-order valence-corrected chi connectivity index (χ4v) is 0.394. The fraction of sp³-hybridized carbons (Fsp3) is 0.800. The summed E-state index contributed by atoms with van der Waals surface area (Å²) in [6.07, 6.45) is 0.484. The maximum atomic E-state index is 10.5. The minimum absolute atomic E-state index is 0.0347. The van der Waals surface area contributed by atoms with E-state index in [-0.39, 0.29) is 12.3 Å². The first-order valence-electron chi connectivity index (χ1n) is 2.70. The Morgan fingerprint density at radius 2 is 2.25 bits per heavy atom. The van der Waals surface area contributed by atoms with Crippen molar-refractivity contribution in [1.29, 1.82) is 0 Å². The first kappa shape index (κ1) is 7.59. The Balaban J connectivity index is 3.46. The smallest absolute Gasteiger partial charge is 0.150 e. The maximum Gasteiger partial charge on any atom is 0.150 e. The average molecular weight is 116 g/mol. The summed E-state index contributed by atoms with van der Waals surface area (Å²) in [4.78, 5) is 10.5. The van der Waals surface area contributed by atoms with Gasteiger partial charge >= 0.3 is 0 Å². The normalized spacial score (nSPS) is 13.4. The quantitative estimate of drug-likeness (QED) is 0.510. The topological polar surface area (TPSA) is 69.1 Å². The van der Waals surface area contributed by atoms with Crippen LogP contribution in [0.2, 0.25) is 0 Å². The van der Waals surface area contributed by atoms with Crippen LogP contribution in [0.25, 0.3) is 0 Å². The van der Waals surface area contributed by atoms with E-state index in [1.807, 2.05) is 0 Å². The molecule has 0 aromatic rings. The molecule has 0 aliphatic carbocycles. The average Bonchev–Trinajstić information content (AvgIpc) is 1.84. The minimum atomic E-state index is -0.444. The van der Waals surface area contributed by atoms with E-state index in [0.29, 0.717) is 6.42 Å². The standard InChI is InChI=1S/C5H12N2O/c1-2-5(8)4(7)3-6/h4H,2-3,6-7H2,1H3/t4-/m1/s1. The fourth-order valence-electron chi connectivity index (χ4n) is 0.394. The molecular weight excluding hydrogens is 104 g/mol. The summed E-state index contributed by atoms with van der Waals surface area (Å²) in [6.45, 7) is 2.03. The Bertz CT molecular complexity index is 82.5. The second-order valence-electron chi connectivity index (χ2n) is 1.66. The van der Waals surface area contributed by atoms with Crippen LogP contribution in [0.15, 0.2) is 0 Å². The monoisotopic (exact) mass is 116 g/mol. The molecule has 1 atom stereocenters. The van der Waals surface area contributed by atoms with Gasteiger partial charge in [0.1, 0.15) is 0 Å². The lowest BCUT2D eigenvalue weighted by atomic mass is 10.2. The molecule has 0 aliphatic rings. The number of ketones is 1. The Labute approximate surface area is 49.0 Å². The van der Waals surface area contributed by atoms with Crippen LogP contribution in [-0.4, -0.2) is 18.4 Å². The lowest BCUT2D eigenvalue weighted by Crippen LogP contribution is -2.37. The molecular formula is C5H12N2O. The van der Waals surface area contributed by atoms with Crippen LogP contribution in [0, 0.1) is 0 Å². The first-order chi connectivity index (χ1) is 3.72. The highest BCUT2D eigenvalue weighted by Gasteiger charge is 2.06. The molecule has 0 saturated carbocycles. The highest BCUT2D eigenvalue weighted by molar-refractivity contribution is 5.83. The van der Waals surface area contributed by atoms with E-state index in [2.05, 4.69) is 0 Å². The molecule has 0 amide bonds. The summed E-state index contributed by atoms with van der Waals surface area (Å²) in [5.74, 6) is 0.0347. The van der Waals surface area contributed by atoms with Gasteiger partial charge in [-0.2, -0.15) is 0 Å². The number of rotatable bonds is 3. The van der Waals surface area contributed by atoms with Crippen molar-refractivity contribution in [2.45, 2.75) is 19.4 Å². The van der Waals surface area contributed by atoms with Crippen molar-refractivity contribution in [3.8, 4) is 0 Å². The molecule has 0 bridgehead atoms. The zero-order chi connectivity index (χ0) is 6.57. The summed E-state index contributed by atoms with van der Waals surface area (Å²) < 4.78 is 0. The van der Waals surface area contributed by atoms with E-state index in [9.17, 15) is 4.79 Å². The SMILES string of the molecule is CCC(=O)[C@H](N)CN. The van der Waals surface area contributed by atoms with Crippen LogP contribution in [-0.2, 0) is 4.79 Å². The van der Waals surface area contributed by atoms with Crippen LogP contribution < -0.4 is 11.5 Å². The van der Waals surface area contributed by atoms with Crippen LogP contribution >= 0.6 is 0 Å². The molecule has 0 aliphatic heterocycles. The summed E-state index contributed by atoms with van der Waals surface area (Å²) in [7, 11) is 0. The molecule has 0 heterocycles. The molecule has 48 valence electrons. The Hall–Kier alpha value is -0.410. The van der Waals surface area contributed by atoms with Gasteiger partial charge in [-0.05, 0) is 0 Å². The third-order valence-electron chi connectivity index (χ3n) is 1.02. The molecule has 0 saturated heterocycles. The predicted molar refractivity (Wildman–Crippen MR) is 32.3 cm³/mol. The molecule has 0 aromatic heterocycles. The number of carbonyl (C=O) groups excluding carboxylic acids is 1. The van der Waals surface area contributed by atoms with Crippen LogP contribution in [0.3, 0.4) is 0 Å². The summed E-state index contributed by atoms with van der Waals surface area (Å²) in [5.41, 5.74) is 10.4. The van der Waals surface area contributed by atoms with E-state index in [4.69, 9.17) is 11.5 Å². The van der Waals surface area contributed by atoms with Crippen molar-refractivity contribution in [2.24, 2.45) is 11.5 Å². The van der Waals surface area contributed by atoms with E-state index in [1.165, 1.54) is 0 Å². The molecule has 8 heavy (non-hydrogen) atoms. The highest BCUT2D eigenvalue weighted by atomic mass is 16.1. The van der Waals surface area contributed by atoms with Gasteiger partial charge in [0.15, 0.2) is 5.78 Å². The van der Waals surface area contributed by atoms with Gasteiger partial charge in [-0.25, -0.2) is 0 Å². The molecule has 0 unspecified atom stereocenters. The summed E-state index contributed by atoms with van der Waals surface area (Å²) in [6, 6.07) is -0.444. The molecule has 0 fully saturated rings.